The second-order valence-electron chi connectivity index (χ2n) is 12.1. The topological polar surface area (TPSA) is 255 Å². The van der Waals surface area contributed by atoms with Crippen LogP contribution in [0.4, 0.5) is 11.8 Å². The molecule has 2 unspecified atom stereocenters. The van der Waals surface area contributed by atoms with Crippen LogP contribution >= 0.6 is 26.1 Å². The SMILES string of the molecule is CO[C@H]1[C@H]2OP(O)(=S)OC[C@@]34C[C@@H]3[C@@H](n3cnc5c(N)ncnc53)[C@H](C)[C@@H]4O[P+](O)(S)OC[C@H]1O[C@H]2n1cnc2c(=O)[nH]c(N)nc21. The standard InChI is InChI=1S/C24H30N10O9P2S2/c1-9-14(33-7-29-12-18(25)27-6-28-19(12)33)10-3-24(10)5-40-45(37,47)42-16-15(38-2)11(4-39-44(36,46)43-17(9)24)41-22(16)34-8-30-13-20(34)31-23(26)32-21(13)35/h6-11,14-17,22,36,46H,3-5H2,1-2H3,(H5-,25,26,27,28,31,32,35,37,47)/p+1/t9-,10+,11+,14-,15+,16+,17-,22+,24-,44?,45?/m0/s1. The zero-order valence-corrected chi connectivity index (χ0v) is 28.3. The Labute approximate surface area is 276 Å². The van der Waals surface area contributed by atoms with Gasteiger partial charge in [0.2, 0.25) is 5.95 Å². The van der Waals surface area contributed by atoms with Crippen LogP contribution in [0.3, 0.4) is 0 Å². The van der Waals surface area contributed by atoms with Gasteiger partial charge in [0.25, 0.3) is 5.56 Å². The summed E-state index contributed by atoms with van der Waals surface area (Å²) in [5.74, 6) is -0.152. The number of fused-ring (bicyclic) bond motifs is 4. The lowest BCUT2D eigenvalue weighted by molar-refractivity contribution is -0.0560. The van der Waals surface area contributed by atoms with Gasteiger partial charge in [-0.1, -0.05) is 6.92 Å². The predicted molar refractivity (Wildman–Crippen MR) is 172 cm³/mol. The predicted octanol–water partition coefficient (Wildman–Crippen LogP) is 0.867. The summed E-state index contributed by atoms with van der Waals surface area (Å²) in [5, 5.41) is 0. The third-order valence-corrected chi connectivity index (χ3v) is 12.7. The molecular formula is C24H31N10O9P2S2+. The number of anilines is 2. The van der Waals surface area contributed by atoms with Crippen molar-refractivity contribution in [2.24, 2.45) is 17.3 Å². The van der Waals surface area contributed by atoms with Crippen LogP contribution in [0.25, 0.3) is 22.3 Å². The van der Waals surface area contributed by atoms with E-state index in [1.807, 2.05) is 11.5 Å². The van der Waals surface area contributed by atoms with Crippen molar-refractivity contribution < 1.29 is 37.4 Å². The molecule has 6 heterocycles. The minimum absolute atomic E-state index is 0.00278. The van der Waals surface area contributed by atoms with E-state index in [0.29, 0.717) is 17.6 Å². The number of ether oxygens (including phenoxy) is 2. The van der Waals surface area contributed by atoms with E-state index < -0.39 is 55.5 Å². The lowest BCUT2D eigenvalue weighted by Gasteiger charge is -2.30. The molecule has 0 radical (unpaired) electrons. The molecular weight excluding hydrogens is 698 g/mol. The van der Waals surface area contributed by atoms with Gasteiger partial charge in [0.1, 0.15) is 42.9 Å². The van der Waals surface area contributed by atoms with Crippen LogP contribution in [0.1, 0.15) is 25.6 Å². The van der Waals surface area contributed by atoms with E-state index in [2.05, 4.69) is 42.2 Å². The molecule has 7 N–H and O–H groups in total. The van der Waals surface area contributed by atoms with Crippen molar-refractivity contribution >= 4 is 72.0 Å². The summed E-state index contributed by atoms with van der Waals surface area (Å²) >= 11 is 10.0. The lowest BCUT2D eigenvalue weighted by atomic mass is 9.94. The average molecular weight is 730 g/mol. The molecule has 0 amide bonds. The van der Waals surface area contributed by atoms with E-state index in [0.717, 1.165) is 0 Å². The maximum Gasteiger partial charge on any atom is 0.475 e. The summed E-state index contributed by atoms with van der Waals surface area (Å²) in [6.07, 6.45) is 0.368. The fourth-order valence-electron chi connectivity index (χ4n) is 7.52. The van der Waals surface area contributed by atoms with Gasteiger partial charge in [-0.15, -0.1) is 0 Å². The molecule has 19 nitrogen and oxygen atoms in total. The third-order valence-electron chi connectivity index (χ3n) is 9.57. The monoisotopic (exact) mass is 729 g/mol. The Morgan fingerprint density at radius 1 is 1.21 bits per heavy atom. The number of hydrogen-bond donors (Lipinski definition) is 6. The van der Waals surface area contributed by atoms with Crippen LogP contribution in [-0.4, -0.2) is 93.6 Å². The van der Waals surface area contributed by atoms with E-state index in [9.17, 15) is 14.6 Å². The van der Waals surface area contributed by atoms with Crippen molar-refractivity contribution in [1.82, 2.24) is 39.0 Å². The summed E-state index contributed by atoms with van der Waals surface area (Å²) in [6.45, 7) is -2.33. The number of nitrogens with zero attached hydrogens (tertiary/aromatic N) is 7. The zero-order valence-electron chi connectivity index (χ0n) is 24.8. The van der Waals surface area contributed by atoms with Gasteiger partial charge in [-0.25, -0.2) is 19.9 Å². The van der Waals surface area contributed by atoms with Gasteiger partial charge in [0.15, 0.2) is 28.9 Å². The Kier molecular flexibility index (Phi) is 7.50. The minimum atomic E-state index is -4.01. The Bertz CT molecular complexity index is 2000. The van der Waals surface area contributed by atoms with Gasteiger partial charge in [0, 0.05) is 24.5 Å². The number of nitrogens with one attached hydrogen (secondary N) is 1. The van der Waals surface area contributed by atoms with Crippen molar-refractivity contribution in [2.75, 3.05) is 31.8 Å². The van der Waals surface area contributed by atoms with Crippen LogP contribution < -0.4 is 17.0 Å². The molecule has 4 fully saturated rings. The smallest absolute Gasteiger partial charge is 0.382 e. The third kappa shape index (κ3) is 5.11. The Balaban J connectivity index is 1.15. The highest BCUT2D eigenvalue weighted by molar-refractivity contribution is 8.47. The van der Waals surface area contributed by atoms with E-state index in [4.69, 9.17) is 50.8 Å². The molecule has 2 aliphatic carbocycles. The average Bonchev–Trinajstić information content (AvgIpc) is 3.30. The molecule has 4 aromatic heterocycles. The molecule has 4 aromatic rings. The van der Waals surface area contributed by atoms with Crippen LogP contribution in [0.15, 0.2) is 23.8 Å². The van der Waals surface area contributed by atoms with Gasteiger partial charge in [-0.05, 0) is 24.1 Å². The quantitative estimate of drug-likeness (QED) is 0.126. The molecule has 8 rings (SSSR count). The second-order valence-corrected chi connectivity index (χ2v) is 17.9. The first-order chi connectivity index (χ1) is 22.3. The fraction of sp³-hybridized carbons (Fsp3) is 0.583. The number of H-pyrrole nitrogens is 1. The molecule has 47 heavy (non-hydrogen) atoms. The second kappa shape index (κ2) is 11.1. The number of aromatic amines is 1. The van der Waals surface area contributed by atoms with Crippen LogP contribution in [0, 0.1) is 17.3 Å². The molecule has 2 saturated carbocycles. The number of rotatable bonds is 3. The van der Waals surface area contributed by atoms with Gasteiger partial charge in [-0.3, -0.25) is 18.9 Å². The lowest BCUT2D eigenvalue weighted by Crippen LogP contribution is -2.37. The number of nitrogens with two attached hydrogens (primary N) is 2. The molecule has 23 heteroatoms. The molecule has 2 aliphatic heterocycles. The first-order valence-corrected chi connectivity index (χ1v) is 19.8. The summed E-state index contributed by atoms with van der Waals surface area (Å²) in [7, 11) is -2.38. The van der Waals surface area contributed by atoms with E-state index in [1.165, 1.54) is 24.3 Å². The Morgan fingerprint density at radius 2 is 1.98 bits per heavy atom. The molecule has 252 valence electrons. The fourth-order valence-corrected chi connectivity index (χ4v) is 10.6. The van der Waals surface area contributed by atoms with Crippen molar-refractivity contribution in [1.29, 1.82) is 0 Å². The molecule has 0 aromatic carbocycles. The van der Waals surface area contributed by atoms with Crippen LogP contribution in [0.5, 0.6) is 0 Å². The number of hydrogen-bond acceptors (Lipinski definition) is 17. The first kappa shape index (κ1) is 31.9. The maximum atomic E-state index is 12.5. The normalized spacial score (nSPS) is 40.4. The summed E-state index contributed by atoms with van der Waals surface area (Å²) in [4.78, 5) is 59.1. The number of aromatic nitrogens is 8. The number of imidazole rings is 2. The van der Waals surface area contributed by atoms with Gasteiger partial charge in [0.05, 0.1) is 31.5 Å². The highest BCUT2D eigenvalue weighted by atomic mass is 32.7. The molecule has 2 saturated heterocycles. The van der Waals surface area contributed by atoms with E-state index in [1.54, 1.807) is 6.33 Å². The highest BCUT2D eigenvalue weighted by Gasteiger charge is 2.74. The van der Waals surface area contributed by atoms with Crippen molar-refractivity contribution in [3.63, 3.8) is 0 Å². The first-order valence-electron chi connectivity index (χ1n) is 14.5. The number of thiol groups is 1. The summed E-state index contributed by atoms with van der Waals surface area (Å²) in [5.41, 5.74) is 11.7. The zero-order chi connectivity index (χ0) is 33.0. The van der Waals surface area contributed by atoms with Crippen molar-refractivity contribution in [3.8, 4) is 0 Å². The highest BCUT2D eigenvalue weighted by Crippen LogP contribution is 2.76. The minimum Gasteiger partial charge on any atom is -0.382 e. The van der Waals surface area contributed by atoms with E-state index in [-0.39, 0.29) is 54.0 Å². The van der Waals surface area contributed by atoms with Crippen LogP contribution in [0.2, 0.25) is 0 Å². The summed E-state index contributed by atoms with van der Waals surface area (Å²) < 4.78 is 39.9. The Morgan fingerprint density at radius 3 is 2.77 bits per heavy atom. The van der Waals surface area contributed by atoms with Gasteiger partial charge >= 0.3 is 13.9 Å². The number of nitrogen functional groups attached to an aromatic ring is 2. The molecule has 1 spiro atoms. The van der Waals surface area contributed by atoms with Gasteiger partial charge < -0.3 is 34.9 Å². The van der Waals surface area contributed by atoms with Crippen LogP contribution in [-0.2, 0) is 39.4 Å². The maximum absolute atomic E-state index is 12.5. The van der Waals surface area contributed by atoms with E-state index >= 15 is 0 Å². The number of methoxy groups -OCH3 is 1. The largest absolute Gasteiger partial charge is 0.475 e. The molecule has 2 bridgehead atoms. The molecule has 4 aliphatic rings. The summed E-state index contributed by atoms with van der Waals surface area (Å²) in [6, 6.07) is -0.194. The molecule has 11 atom stereocenters. The van der Waals surface area contributed by atoms with Crippen molar-refractivity contribution in [2.45, 2.75) is 50.0 Å². The van der Waals surface area contributed by atoms with Crippen molar-refractivity contribution in [3.05, 3.63) is 29.3 Å². The Hall–Kier alpha value is -2.39. The van der Waals surface area contributed by atoms with Gasteiger partial charge in [-0.2, -0.15) is 18.9 Å².